The molecule has 19 heavy (non-hydrogen) atoms. The van der Waals surface area contributed by atoms with Crippen molar-refractivity contribution in [3.05, 3.63) is 53.9 Å². The molecule has 0 saturated carbocycles. The van der Waals surface area contributed by atoms with E-state index in [-0.39, 0.29) is 0 Å². The molecule has 1 heterocycles. The normalized spacial score (nSPS) is 10.6. The van der Waals surface area contributed by atoms with Crippen LogP contribution in [-0.4, -0.2) is 11.7 Å². The average Bonchev–Trinajstić information content (AvgIpc) is 2.86. The molecule has 2 rings (SSSR count). The smallest absolute Gasteiger partial charge is 0.0713 e. The Hall–Kier alpha value is -1.74. The number of hydrogen-bond acceptors (Lipinski definition) is 2. The summed E-state index contributed by atoms with van der Waals surface area (Å²) in [4.78, 5) is 0. The maximum absolute atomic E-state index is 5.14. The third kappa shape index (κ3) is 4.14. The van der Waals surface area contributed by atoms with Gasteiger partial charge in [-0.3, -0.25) is 0 Å². The lowest BCUT2D eigenvalue weighted by Gasteiger charge is -2.07. The number of benzene rings is 1. The second kappa shape index (κ2) is 7.00. The lowest BCUT2D eigenvalue weighted by molar-refractivity contribution is 0.185. The van der Waals surface area contributed by atoms with Crippen molar-refractivity contribution in [2.24, 2.45) is 0 Å². The summed E-state index contributed by atoms with van der Waals surface area (Å²) in [5.41, 5.74) is 3.64. The summed E-state index contributed by atoms with van der Waals surface area (Å²) in [5.74, 6) is 0. The van der Waals surface area contributed by atoms with Gasteiger partial charge in [-0.05, 0) is 35.7 Å². The molecule has 3 heteroatoms. The van der Waals surface area contributed by atoms with Crippen molar-refractivity contribution < 1.29 is 4.74 Å². The van der Waals surface area contributed by atoms with E-state index in [0.29, 0.717) is 6.61 Å². The third-order valence-corrected chi connectivity index (χ3v) is 3.03. The lowest BCUT2D eigenvalue weighted by Crippen LogP contribution is -1.99. The summed E-state index contributed by atoms with van der Waals surface area (Å²) in [6.45, 7) is 4.79. The number of methoxy groups -OCH3 is 1. The van der Waals surface area contributed by atoms with E-state index in [1.54, 1.807) is 7.11 Å². The van der Waals surface area contributed by atoms with Crippen molar-refractivity contribution in [3.63, 3.8) is 0 Å². The van der Waals surface area contributed by atoms with Gasteiger partial charge in [0.15, 0.2) is 0 Å². The molecule has 2 aromatic rings. The second-order valence-electron chi connectivity index (χ2n) is 4.74. The minimum absolute atomic E-state index is 0.655. The van der Waals surface area contributed by atoms with E-state index in [0.717, 1.165) is 18.8 Å². The molecule has 0 aliphatic heterocycles. The highest BCUT2D eigenvalue weighted by molar-refractivity contribution is 5.46. The number of hydrogen-bond donors (Lipinski definition) is 1. The number of aromatic nitrogens is 1. The van der Waals surface area contributed by atoms with Gasteiger partial charge in [0, 0.05) is 38.3 Å². The maximum Gasteiger partial charge on any atom is 0.0713 e. The predicted octanol–water partition coefficient (Wildman–Crippen LogP) is 3.66. The Morgan fingerprint density at radius 1 is 1.21 bits per heavy atom. The predicted molar refractivity (Wildman–Crippen MR) is 79.2 cm³/mol. The zero-order valence-corrected chi connectivity index (χ0v) is 11.7. The van der Waals surface area contributed by atoms with Gasteiger partial charge < -0.3 is 14.6 Å². The highest BCUT2D eigenvalue weighted by Crippen LogP contribution is 2.13. The fourth-order valence-electron chi connectivity index (χ4n) is 2.13. The monoisotopic (exact) mass is 258 g/mol. The van der Waals surface area contributed by atoms with Gasteiger partial charge in [-0.15, -0.1) is 0 Å². The minimum Gasteiger partial charge on any atom is -0.381 e. The Morgan fingerprint density at radius 2 is 2.11 bits per heavy atom. The van der Waals surface area contributed by atoms with Gasteiger partial charge in [0.05, 0.1) is 6.61 Å². The molecule has 1 aromatic carbocycles. The van der Waals surface area contributed by atoms with Gasteiger partial charge in [0.1, 0.15) is 0 Å². The maximum atomic E-state index is 5.14. The Morgan fingerprint density at radius 3 is 2.89 bits per heavy atom. The van der Waals surface area contributed by atoms with E-state index in [1.165, 1.54) is 17.5 Å². The molecule has 0 spiro atoms. The van der Waals surface area contributed by atoms with Crippen LogP contribution in [0.15, 0.2) is 42.7 Å². The van der Waals surface area contributed by atoms with Crippen molar-refractivity contribution in [2.45, 2.75) is 33.0 Å². The van der Waals surface area contributed by atoms with Crippen molar-refractivity contribution in [3.8, 4) is 0 Å². The fourth-order valence-corrected chi connectivity index (χ4v) is 2.13. The molecule has 0 amide bonds. The average molecular weight is 258 g/mol. The first kappa shape index (κ1) is 13.7. The highest BCUT2D eigenvalue weighted by atomic mass is 16.5. The molecule has 0 atom stereocenters. The minimum atomic E-state index is 0.655. The number of aryl methyl sites for hydroxylation is 1. The number of anilines is 1. The van der Waals surface area contributed by atoms with Crippen molar-refractivity contribution >= 4 is 5.69 Å². The van der Waals surface area contributed by atoms with Crippen molar-refractivity contribution in [2.75, 3.05) is 12.4 Å². The van der Waals surface area contributed by atoms with Crippen LogP contribution in [0.1, 0.15) is 24.5 Å². The van der Waals surface area contributed by atoms with E-state index in [1.807, 2.05) is 0 Å². The molecule has 1 N–H and O–H groups in total. The van der Waals surface area contributed by atoms with E-state index in [9.17, 15) is 0 Å². The summed E-state index contributed by atoms with van der Waals surface area (Å²) >= 11 is 0. The third-order valence-electron chi connectivity index (χ3n) is 3.03. The molecule has 1 aromatic heterocycles. The summed E-state index contributed by atoms with van der Waals surface area (Å²) < 4.78 is 7.38. The molecule has 0 radical (unpaired) electrons. The van der Waals surface area contributed by atoms with Gasteiger partial charge in [0.25, 0.3) is 0 Å². The zero-order chi connectivity index (χ0) is 13.5. The Kier molecular flexibility index (Phi) is 5.04. The van der Waals surface area contributed by atoms with Gasteiger partial charge >= 0.3 is 0 Å². The van der Waals surface area contributed by atoms with Crippen LogP contribution in [0.2, 0.25) is 0 Å². The molecule has 0 unspecified atom stereocenters. The largest absolute Gasteiger partial charge is 0.381 e. The van der Waals surface area contributed by atoms with Crippen LogP contribution in [0.3, 0.4) is 0 Å². The van der Waals surface area contributed by atoms with Gasteiger partial charge in [-0.2, -0.15) is 0 Å². The standard InChI is InChI=1S/C16H22N2O/c1-3-8-18-9-7-15(12-18)11-17-16-6-4-5-14(10-16)13-19-2/h4-7,9-10,12,17H,3,8,11,13H2,1-2H3. The number of ether oxygens (including phenoxy) is 1. The number of nitrogens with zero attached hydrogens (tertiary/aromatic N) is 1. The molecule has 3 nitrogen and oxygen atoms in total. The quantitative estimate of drug-likeness (QED) is 0.820. The number of rotatable bonds is 7. The fraction of sp³-hybridized carbons (Fsp3) is 0.375. The van der Waals surface area contributed by atoms with Crippen LogP contribution in [0, 0.1) is 0 Å². The van der Waals surface area contributed by atoms with Crippen LogP contribution in [-0.2, 0) is 24.4 Å². The van der Waals surface area contributed by atoms with E-state index in [4.69, 9.17) is 4.74 Å². The summed E-state index contributed by atoms with van der Waals surface area (Å²) in [6, 6.07) is 10.5. The first-order valence-electron chi connectivity index (χ1n) is 6.78. The Balaban J connectivity index is 1.91. The second-order valence-corrected chi connectivity index (χ2v) is 4.74. The van der Waals surface area contributed by atoms with E-state index in [2.05, 4.69) is 59.5 Å². The Labute approximate surface area is 115 Å². The van der Waals surface area contributed by atoms with E-state index >= 15 is 0 Å². The Bertz CT molecular complexity index is 505. The molecule has 0 bridgehead atoms. The molecular formula is C16H22N2O. The van der Waals surface area contributed by atoms with Crippen molar-refractivity contribution in [1.29, 1.82) is 0 Å². The first-order chi connectivity index (χ1) is 9.31. The van der Waals surface area contributed by atoms with Gasteiger partial charge in [0.2, 0.25) is 0 Å². The molecule has 102 valence electrons. The lowest BCUT2D eigenvalue weighted by atomic mass is 10.2. The summed E-state index contributed by atoms with van der Waals surface area (Å²) in [7, 11) is 1.72. The van der Waals surface area contributed by atoms with Crippen LogP contribution in [0.4, 0.5) is 5.69 Å². The molecule has 0 fully saturated rings. The van der Waals surface area contributed by atoms with Crippen molar-refractivity contribution in [1.82, 2.24) is 4.57 Å². The molecule has 0 aliphatic rings. The zero-order valence-electron chi connectivity index (χ0n) is 11.7. The number of nitrogens with one attached hydrogen (secondary N) is 1. The first-order valence-corrected chi connectivity index (χ1v) is 6.78. The van der Waals surface area contributed by atoms with E-state index < -0.39 is 0 Å². The summed E-state index contributed by atoms with van der Waals surface area (Å²) in [5, 5.41) is 3.45. The van der Waals surface area contributed by atoms with Crippen LogP contribution in [0.5, 0.6) is 0 Å². The highest BCUT2D eigenvalue weighted by Gasteiger charge is 1.98. The molecular weight excluding hydrogens is 236 g/mol. The summed E-state index contributed by atoms with van der Waals surface area (Å²) in [6.07, 6.45) is 5.51. The van der Waals surface area contributed by atoms with Crippen LogP contribution >= 0.6 is 0 Å². The van der Waals surface area contributed by atoms with Gasteiger partial charge in [-0.1, -0.05) is 19.1 Å². The van der Waals surface area contributed by atoms with Gasteiger partial charge in [-0.25, -0.2) is 0 Å². The van der Waals surface area contributed by atoms with Crippen LogP contribution in [0.25, 0.3) is 0 Å². The molecule has 0 saturated heterocycles. The molecule has 0 aliphatic carbocycles. The SMILES string of the molecule is CCCn1ccc(CNc2cccc(COC)c2)c1. The van der Waals surface area contributed by atoms with Crippen LogP contribution < -0.4 is 5.32 Å². The topological polar surface area (TPSA) is 26.2 Å².